The monoisotopic (exact) mass is 423 g/mol. The second kappa shape index (κ2) is 8.87. The van der Waals surface area contributed by atoms with Gasteiger partial charge in [-0.05, 0) is 49.6 Å². The fourth-order valence-electron chi connectivity index (χ4n) is 3.13. The van der Waals surface area contributed by atoms with E-state index in [-0.39, 0.29) is 22.7 Å². The standard InChI is InChI=1S/C19H22ClN3O4S/c1-2-27-19(24)15-9-11-23(12-10-15)17-7-8-18(22-21-17)28(25,26)13-14-3-5-16(20)6-4-14/h3-8,15H,2,9-13H2,1H3. The number of anilines is 1. The largest absolute Gasteiger partial charge is 0.466 e. The van der Waals surface area contributed by atoms with Gasteiger partial charge in [0.05, 0.1) is 18.3 Å². The van der Waals surface area contributed by atoms with Crippen molar-refractivity contribution in [3.63, 3.8) is 0 Å². The molecule has 28 heavy (non-hydrogen) atoms. The molecule has 0 aliphatic carbocycles. The van der Waals surface area contributed by atoms with E-state index >= 15 is 0 Å². The van der Waals surface area contributed by atoms with Crippen LogP contribution in [-0.2, 0) is 25.1 Å². The number of esters is 1. The van der Waals surface area contributed by atoms with Gasteiger partial charge in [0, 0.05) is 18.1 Å². The highest BCUT2D eigenvalue weighted by Gasteiger charge is 2.27. The van der Waals surface area contributed by atoms with Crippen LogP contribution in [0.5, 0.6) is 0 Å². The normalized spacial score (nSPS) is 15.4. The number of aromatic nitrogens is 2. The first-order chi connectivity index (χ1) is 13.4. The first kappa shape index (κ1) is 20.5. The molecule has 7 nitrogen and oxygen atoms in total. The Bertz CT molecular complexity index is 909. The lowest BCUT2D eigenvalue weighted by Crippen LogP contribution is -2.37. The molecule has 0 amide bonds. The Morgan fingerprint density at radius 3 is 2.39 bits per heavy atom. The summed E-state index contributed by atoms with van der Waals surface area (Å²) in [4.78, 5) is 13.8. The van der Waals surface area contributed by atoms with Crippen molar-refractivity contribution < 1.29 is 17.9 Å². The number of piperidine rings is 1. The molecule has 2 aromatic rings. The Hall–Kier alpha value is -2.19. The van der Waals surface area contributed by atoms with Gasteiger partial charge in [-0.25, -0.2) is 8.42 Å². The Balaban J connectivity index is 1.63. The summed E-state index contributed by atoms with van der Waals surface area (Å²) in [6.07, 6.45) is 1.36. The van der Waals surface area contributed by atoms with Gasteiger partial charge in [-0.15, -0.1) is 10.2 Å². The lowest BCUT2D eigenvalue weighted by molar-refractivity contribution is -0.148. The highest BCUT2D eigenvalue weighted by atomic mass is 35.5. The topological polar surface area (TPSA) is 89.5 Å². The SMILES string of the molecule is CCOC(=O)C1CCN(c2ccc(S(=O)(=O)Cc3ccc(Cl)cc3)nn2)CC1. The quantitative estimate of drug-likeness (QED) is 0.660. The lowest BCUT2D eigenvalue weighted by atomic mass is 9.97. The third-order valence-electron chi connectivity index (χ3n) is 4.65. The van der Waals surface area contributed by atoms with Crippen LogP contribution in [-0.4, -0.2) is 44.3 Å². The summed E-state index contributed by atoms with van der Waals surface area (Å²) in [7, 11) is -3.60. The number of sulfone groups is 1. The van der Waals surface area contributed by atoms with Crippen molar-refractivity contribution >= 4 is 33.2 Å². The molecule has 0 N–H and O–H groups in total. The number of rotatable bonds is 6. The number of carbonyl (C=O) groups is 1. The summed E-state index contributed by atoms with van der Waals surface area (Å²) in [5, 5.41) is 8.51. The average Bonchev–Trinajstić information content (AvgIpc) is 2.70. The first-order valence-corrected chi connectivity index (χ1v) is 11.1. The highest BCUT2D eigenvalue weighted by molar-refractivity contribution is 7.90. The van der Waals surface area contributed by atoms with Crippen molar-refractivity contribution in [3.05, 3.63) is 47.0 Å². The van der Waals surface area contributed by atoms with Gasteiger partial charge in [-0.3, -0.25) is 4.79 Å². The average molecular weight is 424 g/mol. The van der Waals surface area contributed by atoms with Gasteiger partial charge >= 0.3 is 5.97 Å². The van der Waals surface area contributed by atoms with E-state index in [9.17, 15) is 13.2 Å². The van der Waals surface area contributed by atoms with Crippen molar-refractivity contribution in [1.82, 2.24) is 10.2 Å². The summed E-state index contributed by atoms with van der Waals surface area (Å²) in [5.74, 6) is 0.191. The van der Waals surface area contributed by atoms with Crippen molar-refractivity contribution in [1.29, 1.82) is 0 Å². The van der Waals surface area contributed by atoms with Crippen molar-refractivity contribution in [2.45, 2.75) is 30.5 Å². The molecule has 1 aromatic heterocycles. The van der Waals surface area contributed by atoms with Crippen molar-refractivity contribution in [2.75, 3.05) is 24.6 Å². The van der Waals surface area contributed by atoms with E-state index in [1.165, 1.54) is 6.07 Å². The van der Waals surface area contributed by atoms with Gasteiger partial charge in [-0.2, -0.15) is 0 Å². The van der Waals surface area contributed by atoms with E-state index < -0.39 is 9.84 Å². The lowest BCUT2D eigenvalue weighted by Gasteiger charge is -2.31. The smallest absolute Gasteiger partial charge is 0.309 e. The molecule has 0 spiro atoms. The molecular formula is C19H22ClN3O4S. The predicted octanol–water partition coefficient (Wildman–Crippen LogP) is 2.88. The molecule has 0 radical (unpaired) electrons. The van der Waals surface area contributed by atoms with Crippen LogP contribution in [0.2, 0.25) is 5.02 Å². The summed E-state index contributed by atoms with van der Waals surface area (Å²) in [6.45, 7) is 3.48. The van der Waals surface area contributed by atoms with Crippen LogP contribution in [0.25, 0.3) is 0 Å². The molecule has 0 unspecified atom stereocenters. The van der Waals surface area contributed by atoms with Gasteiger partial charge in [-0.1, -0.05) is 23.7 Å². The summed E-state index contributed by atoms with van der Waals surface area (Å²) < 4.78 is 30.2. The number of nitrogens with zero attached hydrogens (tertiary/aromatic N) is 3. The van der Waals surface area contributed by atoms with Crippen LogP contribution in [0.4, 0.5) is 5.82 Å². The van der Waals surface area contributed by atoms with Crippen LogP contribution >= 0.6 is 11.6 Å². The summed E-state index contributed by atoms with van der Waals surface area (Å²) >= 11 is 5.83. The zero-order chi connectivity index (χ0) is 20.1. The summed E-state index contributed by atoms with van der Waals surface area (Å²) in [6, 6.07) is 9.80. The van der Waals surface area contributed by atoms with Gasteiger partial charge in [0.2, 0.25) is 9.84 Å². The second-order valence-corrected chi connectivity index (χ2v) is 9.00. The fourth-order valence-corrected chi connectivity index (χ4v) is 4.47. The third kappa shape index (κ3) is 4.99. The molecule has 1 saturated heterocycles. The van der Waals surface area contributed by atoms with E-state index in [4.69, 9.17) is 16.3 Å². The Morgan fingerprint density at radius 1 is 1.14 bits per heavy atom. The Morgan fingerprint density at radius 2 is 1.82 bits per heavy atom. The van der Waals surface area contributed by atoms with E-state index in [1.807, 2.05) is 4.90 Å². The Kier molecular flexibility index (Phi) is 6.51. The first-order valence-electron chi connectivity index (χ1n) is 9.11. The molecule has 1 aromatic carbocycles. The van der Waals surface area contributed by atoms with Crippen molar-refractivity contribution in [3.8, 4) is 0 Å². The molecule has 9 heteroatoms. The highest BCUT2D eigenvalue weighted by Crippen LogP contribution is 2.23. The number of hydrogen-bond donors (Lipinski definition) is 0. The molecule has 3 rings (SSSR count). The predicted molar refractivity (Wildman–Crippen MR) is 106 cm³/mol. The number of hydrogen-bond acceptors (Lipinski definition) is 7. The number of halogens is 1. The summed E-state index contributed by atoms with van der Waals surface area (Å²) in [5.41, 5.74) is 0.635. The number of ether oxygens (including phenoxy) is 1. The molecule has 0 saturated carbocycles. The van der Waals surface area contributed by atoms with Crippen molar-refractivity contribution in [2.24, 2.45) is 5.92 Å². The van der Waals surface area contributed by atoms with Gasteiger partial charge in [0.1, 0.15) is 0 Å². The number of benzene rings is 1. The van der Waals surface area contributed by atoms with E-state index in [2.05, 4.69) is 10.2 Å². The fraction of sp³-hybridized carbons (Fsp3) is 0.421. The minimum atomic E-state index is -3.60. The maximum absolute atomic E-state index is 12.6. The van der Waals surface area contributed by atoms with Crippen LogP contribution in [0, 0.1) is 5.92 Å². The molecule has 1 aliphatic heterocycles. The van der Waals surface area contributed by atoms with E-state index in [1.54, 1.807) is 37.3 Å². The second-order valence-electron chi connectivity index (χ2n) is 6.63. The zero-order valence-corrected chi connectivity index (χ0v) is 17.1. The van der Waals surface area contributed by atoms with Crippen LogP contribution in [0.1, 0.15) is 25.3 Å². The minimum absolute atomic E-state index is 0.0624. The van der Waals surface area contributed by atoms with Crippen LogP contribution in [0.3, 0.4) is 0 Å². The van der Waals surface area contributed by atoms with Gasteiger partial charge in [0.15, 0.2) is 10.8 Å². The molecule has 150 valence electrons. The number of carbonyl (C=O) groups excluding carboxylic acids is 1. The van der Waals surface area contributed by atoms with Crippen LogP contribution in [0.15, 0.2) is 41.4 Å². The molecule has 2 heterocycles. The van der Waals surface area contributed by atoms with Gasteiger partial charge < -0.3 is 9.64 Å². The Labute approximate surface area is 169 Å². The molecular weight excluding hydrogens is 402 g/mol. The molecule has 0 atom stereocenters. The molecule has 1 aliphatic rings. The van der Waals surface area contributed by atoms with Crippen LogP contribution < -0.4 is 4.90 Å². The maximum atomic E-state index is 12.6. The molecule has 0 bridgehead atoms. The van der Waals surface area contributed by atoms with E-state index in [0.717, 1.165) is 0 Å². The zero-order valence-electron chi connectivity index (χ0n) is 15.5. The molecule has 1 fully saturated rings. The van der Waals surface area contributed by atoms with Gasteiger partial charge in [0.25, 0.3) is 0 Å². The minimum Gasteiger partial charge on any atom is -0.466 e. The maximum Gasteiger partial charge on any atom is 0.309 e. The third-order valence-corrected chi connectivity index (χ3v) is 6.47. The van der Waals surface area contributed by atoms with E-state index in [0.29, 0.717) is 48.9 Å².